The van der Waals surface area contributed by atoms with Gasteiger partial charge >= 0.3 is 6.09 Å². The highest BCUT2D eigenvalue weighted by atomic mass is 16.6. The molecule has 162 valence electrons. The first-order valence-electron chi connectivity index (χ1n) is 10.0. The van der Waals surface area contributed by atoms with Gasteiger partial charge in [0.05, 0.1) is 19.8 Å². The van der Waals surface area contributed by atoms with Gasteiger partial charge in [-0.3, -0.25) is 4.99 Å². The van der Waals surface area contributed by atoms with Gasteiger partial charge in [-0.25, -0.2) is 4.79 Å². The van der Waals surface area contributed by atoms with Crippen LogP contribution < -0.4 is 20.1 Å². The average molecular weight is 407 g/mol. The van der Waals surface area contributed by atoms with E-state index in [9.17, 15) is 4.79 Å². The van der Waals surface area contributed by atoms with Gasteiger partial charge in [0, 0.05) is 26.7 Å². The van der Waals surface area contributed by atoms with Crippen LogP contribution in [0.3, 0.4) is 0 Å². The Kier molecular flexibility index (Phi) is 7.99. The minimum atomic E-state index is -0.501. The summed E-state index contributed by atoms with van der Waals surface area (Å²) in [5, 5.41) is 6.32. The fourth-order valence-electron chi connectivity index (χ4n) is 3.16. The predicted molar refractivity (Wildman–Crippen MR) is 114 cm³/mol. The van der Waals surface area contributed by atoms with Crippen LogP contribution in [0.15, 0.2) is 23.2 Å². The molecule has 2 N–H and O–H groups in total. The molecule has 1 amide bonds. The van der Waals surface area contributed by atoms with E-state index in [0.717, 1.165) is 36.0 Å². The standard InChI is InChI=1S/C21H34N4O4/c1-7-28-18-12-15(8-9-17(18)27-6)13-23-19(22-5)25-11-10-16(14-25)24-20(26)29-21(2,3)4/h8-9,12,16H,7,10-11,13-14H2,1-6H3,(H,22,23)(H,24,26). The van der Waals surface area contributed by atoms with E-state index in [2.05, 4.69) is 20.5 Å². The SMILES string of the molecule is CCOc1cc(CNC(=NC)N2CCC(NC(=O)OC(C)(C)C)C2)ccc1OC. The van der Waals surface area contributed by atoms with Crippen molar-refractivity contribution in [3.8, 4) is 11.5 Å². The molecule has 2 rings (SSSR count). The van der Waals surface area contributed by atoms with Gasteiger partial charge in [-0.15, -0.1) is 0 Å². The van der Waals surface area contributed by atoms with Crippen LogP contribution in [0.2, 0.25) is 0 Å². The van der Waals surface area contributed by atoms with Crippen LogP contribution in [0.5, 0.6) is 11.5 Å². The second kappa shape index (κ2) is 10.2. The summed E-state index contributed by atoms with van der Waals surface area (Å²) in [5.41, 5.74) is 0.566. The molecular weight excluding hydrogens is 372 g/mol. The molecule has 0 bridgehead atoms. The lowest BCUT2D eigenvalue weighted by Gasteiger charge is -2.23. The van der Waals surface area contributed by atoms with Gasteiger partial charge in [0.15, 0.2) is 17.5 Å². The Morgan fingerprint density at radius 3 is 2.69 bits per heavy atom. The topological polar surface area (TPSA) is 84.4 Å². The number of hydrogen-bond acceptors (Lipinski definition) is 5. The molecule has 1 fully saturated rings. The van der Waals surface area contributed by atoms with Crippen molar-refractivity contribution in [1.82, 2.24) is 15.5 Å². The van der Waals surface area contributed by atoms with Gasteiger partial charge in [0.2, 0.25) is 0 Å². The fourth-order valence-corrected chi connectivity index (χ4v) is 3.16. The number of aliphatic imine (C=N–C) groups is 1. The molecule has 1 aromatic rings. The number of carbonyl (C=O) groups is 1. The zero-order valence-electron chi connectivity index (χ0n) is 18.4. The molecule has 0 aromatic heterocycles. The Labute approximate surface area is 173 Å². The molecule has 8 nitrogen and oxygen atoms in total. The van der Waals surface area contributed by atoms with Crippen LogP contribution >= 0.6 is 0 Å². The van der Waals surface area contributed by atoms with Crippen LogP contribution in [0, 0.1) is 0 Å². The number of nitrogens with one attached hydrogen (secondary N) is 2. The van der Waals surface area contributed by atoms with Crippen molar-refractivity contribution in [2.24, 2.45) is 4.99 Å². The van der Waals surface area contributed by atoms with E-state index in [1.165, 1.54) is 0 Å². The van der Waals surface area contributed by atoms with Crippen molar-refractivity contribution in [1.29, 1.82) is 0 Å². The normalized spacial score (nSPS) is 17.1. The first-order valence-corrected chi connectivity index (χ1v) is 10.0. The zero-order chi connectivity index (χ0) is 21.4. The Balaban J connectivity index is 1.90. The summed E-state index contributed by atoms with van der Waals surface area (Å²) in [5.74, 6) is 2.25. The molecule has 1 aliphatic rings. The number of amides is 1. The Morgan fingerprint density at radius 2 is 2.07 bits per heavy atom. The molecular formula is C21H34N4O4. The molecule has 1 heterocycles. The van der Waals surface area contributed by atoms with E-state index in [1.54, 1.807) is 14.2 Å². The summed E-state index contributed by atoms with van der Waals surface area (Å²) in [6.45, 7) is 10.2. The van der Waals surface area contributed by atoms with E-state index in [0.29, 0.717) is 19.7 Å². The smallest absolute Gasteiger partial charge is 0.407 e. The van der Waals surface area contributed by atoms with E-state index in [1.807, 2.05) is 45.9 Å². The zero-order valence-corrected chi connectivity index (χ0v) is 18.4. The van der Waals surface area contributed by atoms with E-state index < -0.39 is 5.60 Å². The van der Waals surface area contributed by atoms with Crippen LogP contribution in [0.4, 0.5) is 4.79 Å². The third kappa shape index (κ3) is 7.03. The molecule has 1 saturated heterocycles. The second-order valence-corrected chi connectivity index (χ2v) is 7.90. The number of ether oxygens (including phenoxy) is 3. The quantitative estimate of drug-likeness (QED) is 0.558. The second-order valence-electron chi connectivity index (χ2n) is 7.90. The summed E-state index contributed by atoms with van der Waals surface area (Å²) >= 11 is 0. The van der Waals surface area contributed by atoms with Gasteiger partial charge in [0.1, 0.15) is 5.60 Å². The highest BCUT2D eigenvalue weighted by Gasteiger charge is 2.27. The van der Waals surface area contributed by atoms with Crippen molar-refractivity contribution < 1.29 is 19.0 Å². The number of methoxy groups -OCH3 is 1. The molecule has 0 aliphatic carbocycles. The van der Waals surface area contributed by atoms with Gasteiger partial charge < -0.3 is 29.7 Å². The number of rotatable bonds is 6. The van der Waals surface area contributed by atoms with Gasteiger partial charge in [-0.2, -0.15) is 0 Å². The van der Waals surface area contributed by atoms with Crippen LogP contribution in [0.25, 0.3) is 0 Å². The summed E-state index contributed by atoms with van der Waals surface area (Å²) in [6, 6.07) is 5.91. The number of benzene rings is 1. The molecule has 0 radical (unpaired) electrons. The Morgan fingerprint density at radius 1 is 1.31 bits per heavy atom. The molecule has 1 atom stereocenters. The summed E-state index contributed by atoms with van der Waals surface area (Å²) in [4.78, 5) is 18.5. The Bertz CT molecular complexity index is 715. The number of nitrogens with zero attached hydrogens (tertiary/aromatic N) is 2. The first kappa shape index (κ1) is 22.6. The molecule has 1 aromatic carbocycles. The van der Waals surface area contributed by atoms with E-state index in [-0.39, 0.29) is 12.1 Å². The lowest BCUT2D eigenvalue weighted by atomic mass is 10.2. The van der Waals surface area contributed by atoms with Crippen LogP contribution in [-0.2, 0) is 11.3 Å². The highest BCUT2D eigenvalue weighted by molar-refractivity contribution is 5.80. The lowest BCUT2D eigenvalue weighted by molar-refractivity contribution is 0.0507. The maximum atomic E-state index is 12.0. The van der Waals surface area contributed by atoms with Crippen molar-refractivity contribution in [3.63, 3.8) is 0 Å². The molecule has 29 heavy (non-hydrogen) atoms. The molecule has 1 unspecified atom stereocenters. The summed E-state index contributed by atoms with van der Waals surface area (Å²) in [6.07, 6.45) is 0.464. The maximum Gasteiger partial charge on any atom is 0.407 e. The first-order chi connectivity index (χ1) is 13.8. The summed E-state index contributed by atoms with van der Waals surface area (Å²) < 4.78 is 16.3. The molecule has 0 spiro atoms. The third-order valence-corrected chi connectivity index (χ3v) is 4.40. The largest absolute Gasteiger partial charge is 0.493 e. The highest BCUT2D eigenvalue weighted by Crippen LogP contribution is 2.28. The van der Waals surface area contributed by atoms with Gasteiger partial charge in [-0.1, -0.05) is 6.07 Å². The van der Waals surface area contributed by atoms with Crippen molar-refractivity contribution in [2.45, 2.75) is 52.3 Å². The van der Waals surface area contributed by atoms with Crippen LogP contribution in [0.1, 0.15) is 39.7 Å². The van der Waals surface area contributed by atoms with Crippen LogP contribution in [-0.4, -0.2) is 62.4 Å². The fraction of sp³-hybridized carbons (Fsp3) is 0.619. The van der Waals surface area contributed by atoms with Crippen molar-refractivity contribution >= 4 is 12.1 Å². The minimum absolute atomic E-state index is 0.0361. The molecule has 1 aliphatic heterocycles. The number of likely N-dealkylation sites (tertiary alicyclic amines) is 1. The monoisotopic (exact) mass is 406 g/mol. The van der Waals surface area contributed by atoms with E-state index >= 15 is 0 Å². The third-order valence-electron chi connectivity index (χ3n) is 4.40. The molecule has 0 saturated carbocycles. The number of alkyl carbamates (subject to hydrolysis) is 1. The van der Waals surface area contributed by atoms with Gasteiger partial charge in [0.25, 0.3) is 0 Å². The number of hydrogen-bond donors (Lipinski definition) is 2. The lowest BCUT2D eigenvalue weighted by Crippen LogP contribution is -2.44. The number of carbonyl (C=O) groups excluding carboxylic acids is 1. The minimum Gasteiger partial charge on any atom is -0.493 e. The number of guanidine groups is 1. The predicted octanol–water partition coefficient (Wildman–Crippen LogP) is 2.77. The van der Waals surface area contributed by atoms with E-state index in [4.69, 9.17) is 14.2 Å². The van der Waals surface area contributed by atoms with Gasteiger partial charge in [-0.05, 0) is 51.8 Å². The summed E-state index contributed by atoms with van der Waals surface area (Å²) in [7, 11) is 3.39. The van der Waals surface area contributed by atoms with Crippen molar-refractivity contribution in [3.05, 3.63) is 23.8 Å². The molecule has 8 heteroatoms. The average Bonchev–Trinajstić information content (AvgIpc) is 3.09. The maximum absolute atomic E-state index is 12.0. The van der Waals surface area contributed by atoms with Crippen molar-refractivity contribution in [2.75, 3.05) is 33.9 Å². The Hall–Kier alpha value is -2.64.